The summed E-state index contributed by atoms with van der Waals surface area (Å²) in [6.45, 7) is 6.83. The lowest BCUT2D eigenvalue weighted by Crippen LogP contribution is -2.12. The van der Waals surface area contributed by atoms with Crippen LogP contribution in [0.25, 0.3) is 52.8 Å². The first-order chi connectivity index (χ1) is 15.5. The van der Waals surface area contributed by atoms with E-state index in [0.29, 0.717) is 0 Å². The molecule has 4 heteroatoms. The molecule has 0 aliphatic carbocycles. The number of hydrogen-bond donors (Lipinski definition) is 0. The third-order valence-electron chi connectivity index (χ3n) is 6.02. The molecule has 0 spiro atoms. The van der Waals surface area contributed by atoms with Crippen LogP contribution >= 0.6 is 22.7 Å². The van der Waals surface area contributed by atoms with Crippen LogP contribution < -0.4 is 0 Å². The van der Waals surface area contributed by atoms with Crippen molar-refractivity contribution in [3.05, 3.63) is 84.0 Å². The van der Waals surface area contributed by atoms with E-state index >= 15 is 0 Å². The Hall–Kier alpha value is -3.08. The standard InChI is InChI=1S/C28H22N2S2/c1-28(2,3)23-14-19(13-18-7-4-5-9-20(18)23)25-22-15-24(32-27(22)30-16-29-25)21-10-6-8-17-11-12-31-26(17)21/h4-16H,1-3H3. The fourth-order valence-electron chi connectivity index (χ4n) is 4.47. The molecule has 3 aromatic carbocycles. The van der Waals surface area contributed by atoms with Gasteiger partial charge in [0, 0.05) is 26.1 Å². The molecule has 0 saturated carbocycles. The van der Waals surface area contributed by atoms with Gasteiger partial charge in [0.2, 0.25) is 0 Å². The summed E-state index contributed by atoms with van der Waals surface area (Å²) in [5.41, 5.74) is 4.82. The highest BCUT2D eigenvalue weighted by atomic mass is 32.1. The Morgan fingerprint density at radius 2 is 1.62 bits per heavy atom. The van der Waals surface area contributed by atoms with Crippen LogP contribution in [-0.4, -0.2) is 9.97 Å². The van der Waals surface area contributed by atoms with Crippen LogP contribution in [0.15, 0.2) is 78.4 Å². The van der Waals surface area contributed by atoms with Crippen molar-refractivity contribution in [1.82, 2.24) is 9.97 Å². The van der Waals surface area contributed by atoms with Crippen molar-refractivity contribution in [2.45, 2.75) is 26.2 Å². The molecule has 0 saturated heterocycles. The fraction of sp³-hybridized carbons (Fsp3) is 0.143. The Morgan fingerprint density at radius 3 is 2.50 bits per heavy atom. The summed E-state index contributed by atoms with van der Waals surface area (Å²) in [5.74, 6) is 0. The Bertz CT molecular complexity index is 1620. The van der Waals surface area contributed by atoms with Gasteiger partial charge in [-0.3, -0.25) is 0 Å². The SMILES string of the molecule is CC(C)(C)c1cc(-c2ncnc3sc(-c4cccc5ccsc45)cc23)cc2ccccc12. The van der Waals surface area contributed by atoms with Gasteiger partial charge in [-0.25, -0.2) is 9.97 Å². The summed E-state index contributed by atoms with van der Waals surface area (Å²) in [5, 5.41) is 7.14. The number of rotatable bonds is 2. The number of nitrogens with zero attached hydrogens (tertiary/aromatic N) is 2. The number of hydrogen-bond acceptors (Lipinski definition) is 4. The Morgan fingerprint density at radius 1 is 0.781 bits per heavy atom. The lowest BCUT2D eigenvalue weighted by atomic mass is 9.82. The molecule has 3 heterocycles. The van der Waals surface area contributed by atoms with Gasteiger partial charge in [-0.15, -0.1) is 22.7 Å². The molecule has 0 amide bonds. The summed E-state index contributed by atoms with van der Waals surface area (Å²) in [6.07, 6.45) is 1.70. The first-order valence-electron chi connectivity index (χ1n) is 10.7. The molecule has 3 aromatic heterocycles. The lowest BCUT2D eigenvalue weighted by Gasteiger charge is -2.22. The van der Waals surface area contributed by atoms with Gasteiger partial charge in [0.1, 0.15) is 11.2 Å². The van der Waals surface area contributed by atoms with Gasteiger partial charge in [-0.05, 0) is 56.8 Å². The highest BCUT2D eigenvalue weighted by molar-refractivity contribution is 7.23. The Labute approximate surface area is 195 Å². The van der Waals surface area contributed by atoms with Crippen molar-refractivity contribution in [3.63, 3.8) is 0 Å². The fourth-order valence-corrected chi connectivity index (χ4v) is 6.50. The van der Waals surface area contributed by atoms with Gasteiger partial charge in [0.05, 0.1) is 5.69 Å². The normalized spacial score (nSPS) is 12.2. The van der Waals surface area contributed by atoms with Gasteiger partial charge >= 0.3 is 0 Å². The summed E-state index contributed by atoms with van der Waals surface area (Å²) in [4.78, 5) is 11.7. The number of benzene rings is 3. The second kappa shape index (κ2) is 7.22. The van der Waals surface area contributed by atoms with Gasteiger partial charge in [0.25, 0.3) is 0 Å². The molecule has 0 fully saturated rings. The van der Waals surface area contributed by atoms with Gasteiger partial charge in [-0.1, -0.05) is 63.2 Å². The number of fused-ring (bicyclic) bond motifs is 3. The molecule has 0 radical (unpaired) electrons. The van der Waals surface area contributed by atoms with E-state index in [2.05, 4.69) is 97.9 Å². The molecule has 6 rings (SSSR count). The van der Waals surface area contributed by atoms with E-state index < -0.39 is 0 Å². The molecular weight excluding hydrogens is 428 g/mol. The number of aromatic nitrogens is 2. The van der Waals surface area contributed by atoms with Crippen molar-refractivity contribution >= 4 is 53.7 Å². The molecular formula is C28H22N2S2. The minimum absolute atomic E-state index is 0.0381. The van der Waals surface area contributed by atoms with Gasteiger partial charge in [-0.2, -0.15) is 0 Å². The van der Waals surface area contributed by atoms with Crippen molar-refractivity contribution < 1.29 is 0 Å². The van der Waals surface area contributed by atoms with Crippen LogP contribution in [-0.2, 0) is 5.41 Å². The Kier molecular flexibility index (Phi) is 4.42. The van der Waals surface area contributed by atoms with Gasteiger partial charge in [0.15, 0.2) is 0 Å². The quantitative estimate of drug-likeness (QED) is 0.264. The van der Waals surface area contributed by atoms with Crippen molar-refractivity contribution in [3.8, 4) is 21.7 Å². The van der Waals surface area contributed by atoms with E-state index in [9.17, 15) is 0 Å². The first-order valence-corrected chi connectivity index (χ1v) is 12.4. The van der Waals surface area contributed by atoms with E-state index in [1.165, 1.54) is 36.9 Å². The molecule has 6 aromatic rings. The second-order valence-electron chi connectivity index (χ2n) is 9.19. The maximum Gasteiger partial charge on any atom is 0.127 e. The maximum atomic E-state index is 4.76. The first kappa shape index (κ1) is 19.6. The second-order valence-corrected chi connectivity index (χ2v) is 11.1. The van der Waals surface area contributed by atoms with Crippen LogP contribution in [0.2, 0.25) is 0 Å². The van der Waals surface area contributed by atoms with E-state index in [1.807, 2.05) is 0 Å². The summed E-state index contributed by atoms with van der Waals surface area (Å²) in [6, 6.07) is 24.2. The van der Waals surface area contributed by atoms with Crippen molar-refractivity contribution in [2.24, 2.45) is 0 Å². The molecule has 0 N–H and O–H groups in total. The topological polar surface area (TPSA) is 25.8 Å². The molecule has 0 aliphatic rings. The molecule has 0 aliphatic heterocycles. The highest BCUT2D eigenvalue weighted by Gasteiger charge is 2.20. The monoisotopic (exact) mass is 450 g/mol. The highest BCUT2D eigenvalue weighted by Crippen LogP contribution is 2.42. The Balaban J connectivity index is 1.60. The largest absolute Gasteiger partial charge is 0.236 e. The lowest BCUT2D eigenvalue weighted by molar-refractivity contribution is 0.596. The third kappa shape index (κ3) is 3.14. The van der Waals surface area contributed by atoms with Crippen LogP contribution in [0, 0.1) is 0 Å². The van der Waals surface area contributed by atoms with E-state index in [1.54, 1.807) is 29.0 Å². The molecule has 0 bridgehead atoms. The predicted molar refractivity (Wildman–Crippen MR) is 140 cm³/mol. The van der Waals surface area contributed by atoms with Crippen molar-refractivity contribution in [2.75, 3.05) is 0 Å². The zero-order valence-electron chi connectivity index (χ0n) is 18.2. The third-order valence-corrected chi connectivity index (χ3v) is 8.06. The zero-order valence-corrected chi connectivity index (χ0v) is 19.8. The van der Waals surface area contributed by atoms with Crippen LogP contribution in [0.3, 0.4) is 0 Å². The average molecular weight is 451 g/mol. The summed E-state index contributed by atoms with van der Waals surface area (Å²) >= 11 is 3.54. The van der Waals surface area contributed by atoms with E-state index in [-0.39, 0.29) is 5.41 Å². The number of thiophene rings is 2. The zero-order chi connectivity index (χ0) is 21.9. The minimum atomic E-state index is 0.0381. The van der Waals surface area contributed by atoms with Crippen LogP contribution in [0.5, 0.6) is 0 Å². The van der Waals surface area contributed by atoms with Gasteiger partial charge < -0.3 is 0 Å². The van der Waals surface area contributed by atoms with Crippen LogP contribution in [0.4, 0.5) is 0 Å². The average Bonchev–Trinajstić information content (AvgIpc) is 3.44. The molecule has 156 valence electrons. The minimum Gasteiger partial charge on any atom is -0.236 e. The van der Waals surface area contributed by atoms with E-state index in [4.69, 9.17) is 4.98 Å². The summed E-state index contributed by atoms with van der Waals surface area (Å²) < 4.78 is 1.33. The van der Waals surface area contributed by atoms with Crippen LogP contribution in [0.1, 0.15) is 26.3 Å². The van der Waals surface area contributed by atoms with Crippen molar-refractivity contribution in [1.29, 1.82) is 0 Å². The molecule has 2 nitrogen and oxygen atoms in total. The summed E-state index contributed by atoms with van der Waals surface area (Å²) in [7, 11) is 0. The maximum absolute atomic E-state index is 4.76. The molecule has 32 heavy (non-hydrogen) atoms. The molecule has 0 atom stereocenters. The predicted octanol–water partition coefficient (Wildman–Crippen LogP) is 8.69. The van der Waals surface area contributed by atoms with E-state index in [0.717, 1.165) is 21.5 Å². The smallest absolute Gasteiger partial charge is 0.127 e. The molecule has 0 unspecified atom stereocenters.